The predicted molar refractivity (Wildman–Crippen MR) is 175 cm³/mol. The van der Waals surface area contributed by atoms with Gasteiger partial charge in [-0.3, -0.25) is 14.6 Å². The molecule has 2 amide bonds. The Labute approximate surface area is 268 Å². The van der Waals surface area contributed by atoms with E-state index < -0.39 is 23.3 Å². The number of benzene rings is 3. The Morgan fingerprint density at radius 3 is 1.50 bits per heavy atom. The molecule has 0 fully saturated rings. The van der Waals surface area contributed by atoms with Crippen LogP contribution in [0.2, 0.25) is 0 Å². The summed E-state index contributed by atoms with van der Waals surface area (Å²) in [6.45, 7) is 5.27. The van der Waals surface area contributed by atoms with E-state index in [9.17, 15) is 40.2 Å². The molecule has 248 valence electrons. The number of amidine groups is 1. The van der Waals surface area contributed by atoms with Gasteiger partial charge in [-0.25, -0.2) is 0 Å². The number of para-hydroxylation sites is 3. The molecule has 46 heavy (non-hydrogen) atoms. The van der Waals surface area contributed by atoms with Gasteiger partial charge in [-0.1, -0.05) is 32.0 Å². The number of carbonyl (C=O) groups excluding carboxylic acids is 2. The average Bonchev–Trinajstić information content (AvgIpc) is 3.02. The molecular weight excluding hydrogens is 592 g/mol. The van der Waals surface area contributed by atoms with E-state index in [4.69, 9.17) is 5.73 Å². The molecule has 0 aromatic heterocycles. The lowest BCUT2D eigenvalue weighted by Crippen LogP contribution is -2.32. The summed E-state index contributed by atoms with van der Waals surface area (Å²) in [6, 6.07) is 12.9. The van der Waals surface area contributed by atoms with Gasteiger partial charge in [-0.05, 0) is 86.3 Å². The summed E-state index contributed by atoms with van der Waals surface area (Å²) in [5, 5.41) is 65.0. The molecule has 10 N–H and O–H groups in total. The highest BCUT2D eigenvalue weighted by molar-refractivity contribution is 6.00. The Hall–Kier alpha value is -5.13. The molecule has 0 heterocycles. The van der Waals surface area contributed by atoms with Crippen molar-refractivity contribution in [2.24, 2.45) is 22.1 Å². The van der Waals surface area contributed by atoms with Gasteiger partial charge in [0.15, 0.2) is 34.5 Å². The van der Waals surface area contributed by atoms with E-state index in [1.54, 1.807) is 12.1 Å². The van der Waals surface area contributed by atoms with E-state index in [-0.39, 0.29) is 56.9 Å². The zero-order valence-corrected chi connectivity index (χ0v) is 26.2. The Balaban J connectivity index is 1.66. The van der Waals surface area contributed by atoms with Crippen LogP contribution < -0.4 is 16.4 Å². The second-order valence-corrected chi connectivity index (χ2v) is 11.6. The summed E-state index contributed by atoms with van der Waals surface area (Å²) in [7, 11) is 0. The molecule has 3 aromatic carbocycles. The van der Waals surface area contributed by atoms with Gasteiger partial charge in [-0.15, -0.1) is 0 Å². The van der Waals surface area contributed by atoms with Crippen LogP contribution in [0.3, 0.4) is 0 Å². The number of nitrogens with two attached hydrogens (primary N) is 1. The second kappa shape index (κ2) is 16.3. The Bertz CT molecular complexity index is 1470. The van der Waals surface area contributed by atoms with Crippen LogP contribution in [0.5, 0.6) is 34.5 Å². The Morgan fingerprint density at radius 1 is 0.674 bits per heavy atom. The standard InChI is InChI=1S/C34H44N4O8/c1-21(2)34(15-6-18-36-31(35)22-9-3-12-25(39)28(22)42,16-7-19-37-32(45)23-10-4-13-26(40)29(23)43)17-8-20-38-33(46)24-11-5-14-27(41)30(24)44/h3-5,9-14,21,39-44H,6-8,15-20H2,1-2H3,(H2,35,36)(H,37,45)(H,38,46). The summed E-state index contributed by atoms with van der Waals surface area (Å²) >= 11 is 0. The number of hydrogen-bond donors (Lipinski definition) is 9. The van der Waals surface area contributed by atoms with Crippen molar-refractivity contribution in [3.05, 3.63) is 71.3 Å². The largest absolute Gasteiger partial charge is 0.504 e. The fraction of sp³-hybridized carbons (Fsp3) is 0.382. The third-order valence-corrected chi connectivity index (χ3v) is 8.42. The predicted octanol–water partition coefficient (Wildman–Crippen LogP) is 4.47. The number of carbonyl (C=O) groups is 2. The first-order valence-electron chi connectivity index (χ1n) is 15.3. The van der Waals surface area contributed by atoms with E-state index in [0.29, 0.717) is 38.9 Å². The van der Waals surface area contributed by atoms with Gasteiger partial charge >= 0.3 is 0 Å². The summed E-state index contributed by atoms with van der Waals surface area (Å²) in [5.41, 5.74) is 6.09. The molecular formula is C34H44N4O8. The van der Waals surface area contributed by atoms with Crippen molar-refractivity contribution in [2.45, 2.75) is 52.4 Å². The van der Waals surface area contributed by atoms with E-state index in [0.717, 1.165) is 19.3 Å². The molecule has 0 atom stereocenters. The monoisotopic (exact) mass is 636 g/mol. The van der Waals surface area contributed by atoms with Crippen LogP contribution in [0.25, 0.3) is 0 Å². The zero-order valence-electron chi connectivity index (χ0n) is 26.2. The Kier molecular flexibility index (Phi) is 12.5. The van der Waals surface area contributed by atoms with Crippen LogP contribution in [0, 0.1) is 11.3 Å². The fourth-order valence-corrected chi connectivity index (χ4v) is 5.60. The summed E-state index contributed by atoms with van der Waals surface area (Å²) in [4.78, 5) is 29.7. The lowest BCUT2D eigenvalue weighted by Gasteiger charge is -2.38. The molecule has 0 aliphatic rings. The van der Waals surface area contributed by atoms with Crippen LogP contribution >= 0.6 is 0 Å². The molecule has 0 saturated heterocycles. The first kappa shape index (κ1) is 35.4. The maximum atomic E-state index is 12.6. The number of amides is 2. The number of hydrogen-bond acceptors (Lipinski definition) is 9. The molecule has 0 bridgehead atoms. The van der Waals surface area contributed by atoms with Gasteiger partial charge in [0, 0.05) is 19.6 Å². The molecule has 12 heteroatoms. The van der Waals surface area contributed by atoms with Gasteiger partial charge in [0.2, 0.25) is 0 Å². The van der Waals surface area contributed by atoms with E-state index in [1.807, 2.05) is 0 Å². The van der Waals surface area contributed by atoms with Gasteiger partial charge in [0.1, 0.15) is 5.84 Å². The van der Waals surface area contributed by atoms with E-state index in [1.165, 1.54) is 42.5 Å². The van der Waals surface area contributed by atoms with E-state index in [2.05, 4.69) is 29.5 Å². The van der Waals surface area contributed by atoms with Crippen molar-refractivity contribution in [3.8, 4) is 34.5 Å². The number of nitrogens with one attached hydrogen (secondary N) is 2. The molecule has 0 aliphatic carbocycles. The van der Waals surface area contributed by atoms with Crippen molar-refractivity contribution in [2.75, 3.05) is 19.6 Å². The average molecular weight is 637 g/mol. The highest BCUT2D eigenvalue weighted by atomic mass is 16.3. The first-order valence-corrected chi connectivity index (χ1v) is 15.3. The third kappa shape index (κ3) is 8.96. The number of aliphatic imine (C=N–C) groups is 1. The number of phenolic OH excluding ortho intramolecular Hbond substituents is 6. The zero-order chi connectivity index (χ0) is 33.9. The van der Waals surface area contributed by atoms with Crippen molar-refractivity contribution >= 4 is 17.6 Å². The van der Waals surface area contributed by atoms with Crippen molar-refractivity contribution in [1.82, 2.24) is 10.6 Å². The molecule has 3 aromatic rings. The SMILES string of the molecule is CC(C)C(CCCN=C(N)c1cccc(O)c1O)(CCCNC(=O)c1cccc(O)c1O)CCCNC(=O)c1cccc(O)c1O. The van der Waals surface area contributed by atoms with Crippen LogP contribution in [0.1, 0.15) is 78.7 Å². The number of nitrogens with zero attached hydrogens (tertiary/aromatic N) is 1. The van der Waals surface area contributed by atoms with Gasteiger partial charge in [0.25, 0.3) is 11.8 Å². The van der Waals surface area contributed by atoms with Crippen molar-refractivity contribution < 1.29 is 40.2 Å². The fourth-order valence-electron chi connectivity index (χ4n) is 5.60. The van der Waals surface area contributed by atoms with Crippen LogP contribution in [-0.2, 0) is 0 Å². The molecule has 0 aliphatic heterocycles. The summed E-state index contributed by atoms with van der Waals surface area (Å²) in [5.74, 6) is -2.99. The van der Waals surface area contributed by atoms with Gasteiger partial charge < -0.3 is 47.0 Å². The topological polar surface area (TPSA) is 218 Å². The van der Waals surface area contributed by atoms with Crippen molar-refractivity contribution in [3.63, 3.8) is 0 Å². The van der Waals surface area contributed by atoms with Gasteiger partial charge in [-0.2, -0.15) is 0 Å². The lowest BCUT2D eigenvalue weighted by molar-refractivity contribution is 0.0936. The minimum atomic E-state index is -0.499. The lowest BCUT2D eigenvalue weighted by atomic mass is 9.67. The normalized spacial score (nSPS) is 11.8. The second-order valence-electron chi connectivity index (χ2n) is 11.6. The quantitative estimate of drug-likeness (QED) is 0.0468. The highest BCUT2D eigenvalue weighted by Crippen LogP contribution is 2.42. The number of aromatic hydroxyl groups is 6. The minimum absolute atomic E-state index is 0.0168. The molecule has 0 saturated carbocycles. The van der Waals surface area contributed by atoms with Crippen LogP contribution in [0.15, 0.2) is 59.6 Å². The maximum Gasteiger partial charge on any atom is 0.255 e. The Morgan fingerprint density at radius 2 is 1.07 bits per heavy atom. The minimum Gasteiger partial charge on any atom is -0.504 e. The molecule has 0 radical (unpaired) electrons. The van der Waals surface area contributed by atoms with Crippen LogP contribution in [0.4, 0.5) is 0 Å². The molecule has 12 nitrogen and oxygen atoms in total. The van der Waals surface area contributed by atoms with Crippen LogP contribution in [-0.4, -0.2) is 67.9 Å². The number of rotatable bonds is 16. The third-order valence-electron chi connectivity index (χ3n) is 8.42. The van der Waals surface area contributed by atoms with Crippen molar-refractivity contribution in [1.29, 1.82) is 0 Å². The van der Waals surface area contributed by atoms with E-state index >= 15 is 0 Å². The summed E-state index contributed by atoms with van der Waals surface area (Å²) in [6.07, 6.45) is 4.10. The number of phenols is 6. The molecule has 0 spiro atoms. The van der Waals surface area contributed by atoms with Gasteiger partial charge in [0.05, 0.1) is 16.7 Å². The first-order chi connectivity index (χ1) is 21.9. The molecule has 3 rings (SSSR count). The maximum absolute atomic E-state index is 12.6. The smallest absolute Gasteiger partial charge is 0.255 e. The molecule has 0 unspecified atom stereocenters. The highest BCUT2D eigenvalue weighted by Gasteiger charge is 2.32. The summed E-state index contributed by atoms with van der Waals surface area (Å²) < 4.78 is 0.